The number of anilines is 1. The number of nitrogens with zero attached hydrogens (tertiary/aromatic N) is 3. The molecule has 0 spiro atoms. The predicted molar refractivity (Wildman–Crippen MR) is 143 cm³/mol. The molecule has 0 radical (unpaired) electrons. The summed E-state index contributed by atoms with van der Waals surface area (Å²) < 4.78 is 38.4. The molecule has 0 aliphatic heterocycles. The summed E-state index contributed by atoms with van der Waals surface area (Å²) in [5.41, 5.74) is 2.77. The van der Waals surface area contributed by atoms with Gasteiger partial charge in [-0.25, -0.2) is 13.8 Å². The predicted octanol–water partition coefficient (Wildman–Crippen LogP) is 3.73. The number of rotatable bonds is 10. The lowest BCUT2D eigenvalue weighted by Gasteiger charge is -2.24. The zero-order valence-corrected chi connectivity index (χ0v) is 22.8. The van der Waals surface area contributed by atoms with Gasteiger partial charge in [-0.1, -0.05) is 6.07 Å². The highest BCUT2D eigenvalue weighted by Crippen LogP contribution is 2.34. The second kappa shape index (κ2) is 11.9. The third kappa shape index (κ3) is 6.39. The van der Waals surface area contributed by atoms with Gasteiger partial charge < -0.3 is 14.6 Å². The topological polar surface area (TPSA) is 161 Å². The summed E-state index contributed by atoms with van der Waals surface area (Å²) >= 11 is 3.19. The molecule has 12 nitrogen and oxygen atoms in total. The molecule has 0 unspecified atom stereocenters. The average molecular weight is 607 g/mol. The molecule has 2 N–H and O–H groups in total. The highest BCUT2D eigenvalue weighted by molar-refractivity contribution is 9.10. The summed E-state index contributed by atoms with van der Waals surface area (Å²) in [6.45, 7) is 0.805. The molecule has 0 fully saturated rings. The Labute approximate surface area is 226 Å². The number of phenols is 1. The number of nitrogens with one attached hydrogen (secondary N) is 1. The third-order valence-corrected chi connectivity index (χ3v) is 7.66. The zero-order chi connectivity index (χ0) is 28.0. The van der Waals surface area contributed by atoms with Crippen molar-refractivity contribution >= 4 is 49.4 Å². The Kier molecular flexibility index (Phi) is 8.91. The molecule has 3 aromatic carbocycles. The number of nitro benzene ring substituents is 1. The van der Waals surface area contributed by atoms with Gasteiger partial charge in [0.05, 0.1) is 40.4 Å². The number of amides is 1. The zero-order valence-electron chi connectivity index (χ0n) is 20.4. The molecule has 3 rings (SSSR count). The number of methoxy groups -OCH3 is 2. The number of halogens is 1. The number of ether oxygens (including phenoxy) is 2. The molecule has 38 heavy (non-hydrogen) atoms. The van der Waals surface area contributed by atoms with Gasteiger partial charge in [-0.3, -0.25) is 19.2 Å². The van der Waals surface area contributed by atoms with Crippen LogP contribution in [0.25, 0.3) is 0 Å². The van der Waals surface area contributed by atoms with Gasteiger partial charge in [-0.05, 0) is 70.9 Å². The summed E-state index contributed by atoms with van der Waals surface area (Å²) in [5.74, 6) is -0.254. The lowest BCUT2D eigenvalue weighted by molar-refractivity contribution is -0.385. The van der Waals surface area contributed by atoms with E-state index in [1.165, 1.54) is 75.9 Å². The van der Waals surface area contributed by atoms with Gasteiger partial charge in [0.1, 0.15) is 12.3 Å². The second-order valence-electron chi connectivity index (χ2n) is 7.76. The first-order valence-corrected chi connectivity index (χ1v) is 13.0. The fraction of sp³-hybridized carbons (Fsp3) is 0.167. The second-order valence-corrected chi connectivity index (χ2v) is 10.5. The van der Waals surface area contributed by atoms with E-state index < -0.39 is 27.4 Å². The number of hydrogen-bond donors (Lipinski definition) is 2. The lowest BCUT2D eigenvalue weighted by Crippen LogP contribution is -2.39. The maximum absolute atomic E-state index is 13.6. The van der Waals surface area contributed by atoms with Gasteiger partial charge >= 0.3 is 0 Å². The number of phenolic OH excluding ortho intramolecular Hbond substituents is 1. The van der Waals surface area contributed by atoms with Crippen LogP contribution in [0, 0.1) is 17.0 Å². The number of carbonyl (C=O) groups excluding carboxylic acids is 1. The number of hydrazone groups is 1. The first-order chi connectivity index (χ1) is 18.0. The van der Waals surface area contributed by atoms with E-state index in [-0.39, 0.29) is 33.3 Å². The van der Waals surface area contributed by atoms with Gasteiger partial charge in [0, 0.05) is 11.6 Å². The summed E-state index contributed by atoms with van der Waals surface area (Å²) in [6.07, 6.45) is 1.28. The number of aryl methyl sites for hydroxylation is 1. The Morgan fingerprint density at radius 2 is 1.84 bits per heavy atom. The van der Waals surface area contributed by atoms with E-state index in [2.05, 4.69) is 26.5 Å². The molecule has 0 aliphatic carbocycles. The lowest BCUT2D eigenvalue weighted by atomic mass is 10.2. The Morgan fingerprint density at radius 3 is 2.45 bits per heavy atom. The molecule has 0 aliphatic rings. The van der Waals surface area contributed by atoms with Crippen LogP contribution in [0.5, 0.6) is 17.2 Å². The van der Waals surface area contributed by atoms with Crippen LogP contribution in [0.1, 0.15) is 11.1 Å². The van der Waals surface area contributed by atoms with Crippen molar-refractivity contribution in [2.75, 3.05) is 25.1 Å². The van der Waals surface area contributed by atoms with E-state index in [1.807, 2.05) is 0 Å². The van der Waals surface area contributed by atoms with E-state index in [9.17, 15) is 28.4 Å². The van der Waals surface area contributed by atoms with Gasteiger partial charge in [0.25, 0.3) is 21.6 Å². The molecule has 0 saturated heterocycles. The number of benzene rings is 3. The number of hydrogen-bond acceptors (Lipinski definition) is 9. The molecular formula is C24H23BrN4O8S. The van der Waals surface area contributed by atoms with Crippen LogP contribution in [0.4, 0.5) is 11.4 Å². The Morgan fingerprint density at radius 1 is 1.16 bits per heavy atom. The van der Waals surface area contributed by atoms with Crippen LogP contribution < -0.4 is 19.2 Å². The standard InChI is InChI=1S/C24H23BrN4O8S/c1-15-4-9-19(12-21(15)29(32)33)38(34,35)28(17-5-7-18(36-2)8-6-17)14-23(30)27-26-13-16-10-20(25)24(31)22(11-16)37-3/h4-13,31H,14H2,1-3H3,(H,27,30)/b26-13-. The summed E-state index contributed by atoms with van der Waals surface area (Å²) in [7, 11) is -1.59. The Hall–Kier alpha value is -4.17. The molecule has 0 bridgehead atoms. The minimum Gasteiger partial charge on any atom is -0.503 e. The van der Waals surface area contributed by atoms with E-state index in [4.69, 9.17) is 9.47 Å². The summed E-state index contributed by atoms with van der Waals surface area (Å²) in [6, 6.07) is 12.4. The van der Waals surface area contributed by atoms with Crippen molar-refractivity contribution in [3.63, 3.8) is 0 Å². The van der Waals surface area contributed by atoms with E-state index in [0.29, 0.717) is 15.8 Å². The van der Waals surface area contributed by atoms with Crippen molar-refractivity contribution in [3.05, 3.63) is 80.3 Å². The smallest absolute Gasteiger partial charge is 0.273 e. The molecule has 3 aromatic rings. The first-order valence-electron chi connectivity index (χ1n) is 10.8. The molecule has 0 heterocycles. The van der Waals surface area contributed by atoms with Crippen molar-refractivity contribution in [1.29, 1.82) is 0 Å². The molecule has 1 amide bonds. The van der Waals surface area contributed by atoms with Gasteiger partial charge in [0.15, 0.2) is 11.5 Å². The SMILES string of the molecule is COc1ccc(N(CC(=O)N/N=C\c2cc(Br)c(O)c(OC)c2)S(=O)(=O)c2ccc(C)c([N+](=O)[O-])c2)cc1. The monoisotopic (exact) mass is 606 g/mol. The van der Waals surface area contributed by atoms with Gasteiger partial charge in [-0.15, -0.1) is 0 Å². The van der Waals surface area contributed by atoms with E-state index in [0.717, 1.165) is 10.4 Å². The molecule has 0 aromatic heterocycles. The van der Waals surface area contributed by atoms with Crippen molar-refractivity contribution in [2.24, 2.45) is 5.10 Å². The minimum absolute atomic E-state index is 0.106. The maximum atomic E-state index is 13.6. The number of nitro groups is 1. The van der Waals surface area contributed by atoms with Gasteiger partial charge in [-0.2, -0.15) is 5.10 Å². The highest BCUT2D eigenvalue weighted by Gasteiger charge is 2.29. The van der Waals surface area contributed by atoms with Crippen LogP contribution in [0.3, 0.4) is 0 Å². The maximum Gasteiger partial charge on any atom is 0.273 e. The largest absolute Gasteiger partial charge is 0.503 e. The third-order valence-electron chi connectivity index (χ3n) is 5.29. The molecule has 14 heteroatoms. The molecule has 0 atom stereocenters. The van der Waals surface area contributed by atoms with Crippen LogP contribution >= 0.6 is 15.9 Å². The van der Waals surface area contributed by atoms with Crippen LogP contribution in [0.15, 0.2) is 69.1 Å². The number of aromatic hydroxyl groups is 1. The van der Waals surface area contributed by atoms with E-state index >= 15 is 0 Å². The van der Waals surface area contributed by atoms with Crippen LogP contribution in [0.2, 0.25) is 0 Å². The summed E-state index contributed by atoms with van der Waals surface area (Å²) in [5, 5.41) is 25.2. The quantitative estimate of drug-likeness (QED) is 0.200. The van der Waals surface area contributed by atoms with Gasteiger partial charge in [0.2, 0.25) is 0 Å². The van der Waals surface area contributed by atoms with Crippen molar-refractivity contribution < 1.29 is 32.7 Å². The fourth-order valence-electron chi connectivity index (χ4n) is 3.31. The number of sulfonamides is 1. The minimum atomic E-state index is -4.41. The number of carbonyl (C=O) groups is 1. The molecular weight excluding hydrogens is 584 g/mol. The molecule has 200 valence electrons. The van der Waals surface area contributed by atoms with E-state index in [1.54, 1.807) is 0 Å². The Bertz CT molecular complexity index is 1490. The van der Waals surface area contributed by atoms with Crippen molar-refractivity contribution in [3.8, 4) is 17.2 Å². The Balaban J connectivity index is 1.91. The van der Waals surface area contributed by atoms with Crippen LogP contribution in [-0.4, -0.2) is 51.3 Å². The highest BCUT2D eigenvalue weighted by atomic mass is 79.9. The van der Waals surface area contributed by atoms with Crippen molar-refractivity contribution in [1.82, 2.24) is 5.43 Å². The average Bonchev–Trinajstić information content (AvgIpc) is 2.89. The van der Waals surface area contributed by atoms with Crippen molar-refractivity contribution in [2.45, 2.75) is 11.8 Å². The molecule has 0 saturated carbocycles. The summed E-state index contributed by atoms with van der Waals surface area (Å²) in [4.78, 5) is 23.1. The van der Waals surface area contributed by atoms with Crippen LogP contribution in [-0.2, 0) is 14.8 Å². The fourth-order valence-corrected chi connectivity index (χ4v) is 5.21. The first kappa shape index (κ1) is 28.4. The normalized spacial score (nSPS) is 11.3.